The van der Waals surface area contributed by atoms with Crippen molar-refractivity contribution in [1.82, 2.24) is 10.2 Å². The van der Waals surface area contributed by atoms with Crippen molar-refractivity contribution in [1.29, 1.82) is 0 Å². The molecule has 1 aromatic rings. The number of nitrogens with zero attached hydrogens (tertiary/aromatic N) is 1. The number of hydrogen-bond acceptors (Lipinski definition) is 4. The second kappa shape index (κ2) is 8.46. The van der Waals surface area contributed by atoms with Crippen LogP contribution in [0.2, 0.25) is 0 Å². The molecule has 0 saturated carbocycles. The van der Waals surface area contributed by atoms with E-state index in [1.54, 1.807) is 31.1 Å². The molecule has 0 aliphatic carbocycles. The van der Waals surface area contributed by atoms with Gasteiger partial charge in [-0.05, 0) is 25.0 Å². The van der Waals surface area contributed by atoms with Gasteiger partial charge in [0.15, 0.2) is 5.76 Å². The van der Waals surface area contributed by atoms with Crippen molar-refractivity contribution in [3.8, 4) is 0 Å². The third-order valence-electron chi connectivity index (χ3n) is 2.93. The Kier molecular flexibility index (Phi) is 6.94. The Morgan fingerprint density at radius 2 is 2.10 bits per heavy atom. The molecule has 0 saturated heterocycles. The monoisotopic (exact) mass is 296 g/mol. The highest BCUT2D eigenvalue weighted by Crippen LogP contribution is 2.04. The molecule has 0 spiro atoms. The molecule has 0 aromatic carbocycles. The molecule has 6 nitrogen and oxygen atoms in total. The highest BCUT2D eigenvalue weighted by Gasteiger charge is 2.23. The summed E-state index contributed by atoms with van der Waals surface area (Å²) in [7, 11) is 1.60. The molecule has 1 rings (SSSR count). The van der Waals surface area contributed by atoms with Crippen molar-refractivity contribution in [2.45, 2.75) is 26.8 Å². The highest BCUT2D eigenvalue weighted by molar-refractivity contribution is 5.95. The number of methoxy groups -OCH3 is 1. The molecule has 0 bridgehead atoms. The Balaban J connectivity index is 2.61. The molecule has 0 aliphatic heterocycles. The molecular weight excluding hydrogens is 272 g/mol. The molecule has 118 valence electrons. The highest BCUT2D eigenvalue weighted by atomic mass is 16.5. The maximum atomic E-state index is 12.4. The predicted octanol–water partition coefficient (Wildman–Crippen LogP) is 1.53. The largest absolute Gasteiger partial charge is 0.459 e. The van der Waals surface area contributed by atoms with Crippen LogP contribution in [0.1, 0.15) is 31.3 Å². The Morgan fingerprint density at radius 3 is 2.62 bits per heavy atom. The molecule has 6 heteroatoms. The van der Waals surface area contributed by atoms with Crippen LogP contribution in [0.5, 0.6) is 0 Å². The lowest BCUT2D eigenvalue weighted by molar-refractivity contribution is -0.134. The van der Waals surface area contributed by atoms with Crippen molar-refractivity contribution in [3.63, 3.8) is 0 Å². The fourth-order valence-electron chi connectivity index (χ4n) is 1.94. The number of carbonyl (C=O) groups excluding carboxylic acids is 2. The quantitative estimate of drug-likeness (QED) is 0.789. The van der Waals surface area contributed by atoms with E-state index in [1.807, 2.05) is 13.8 Å². The van der Waals surface area contributed by atoms with E-state index < -0.39 is 11.9 Å². The minimum atomic E-state index is -0.613. The van der Waals surface area contributed by atoms with Crippen LogP contribution < -0.4 is 5.32 Å². The number of ether oxygens (including phenoxy) is 1. The molecule has 1 N–H and O–H groups in total. The van der Waals surface area contributed by atoms with Crippen molar-refractivity contribution < 1.29 is 18.7 Å². The van der Waals surface area contributed by atoms with E-state index in [9.17, 15) is 9.59 Å². The smallest absolute Gasteiger partial charge is 0.287 e. The van der Waals surface area contributed by atoms with Crippen LogP contribution in [0, 0.1) is 5.92 Å². The van der Waals surface area contributed by atoms with E-state index >= 15 is 0 Å². The first kappa shape index (κ1) is 17.2. The average molecular weight is 296 g/mol. The zero-order chi connectivity index (χ0) is 15.8. The van der Waals surface area contributed by atoms with Crippen LogP contribution in [0.15, 0.2) is 22.8 Å². The van der Waals surface area contributed by atoms with Gasteiger partial charge in [-0.25, -0.2) is 0 Å². The predicted molar refractivity (Wildman–Crippen MR) is 78.9 cm³/mol. The van der Waals surface area contributed by atoms with Gasteiger partial charge < -0.3 is 19.4 Å². The Bertz CT molecular complexity index is 443. The molecule has 1 aromatic heterocycles. The first-order chi connectivity index (χ1) is 9.95. The summed E-state index contributed by atoms with van der Waals surface area (Å²) >= 11 is 0. The van der Waals surface area contributed by atoms with E-state index in [0.29, 0.717) is 25.6 Å². The van der Waals surface area contributed by atoms with Gasteiger partial charge in [-0.1, -0.05) is 13.8 Å². The van der Waals surface area contributed by atoms with Crippen LogP contribution in [0.25, 0.3) is 0 Å². The third-order valence-corrected chi connectivity index (χ3v) is 2.93. The van der Waals surface area contributed by atoms with Gasteiger partial charge in [-0.2, -0.15) is 0 Å². The zero-order valence-electron chi connectivity index (χ0n) is 13.1. The van der Waals surface area contributed by atoms with Gasteiger partial charge in [0.25, 0.3) is 5.91 Å². The lowest BCUT2D eigenvalue weighted by atomic mass is 10.2. The third kappa shape index (κ3) is 5.59. The van der Waals surface area contributed by atoms with Gasteiger partial charge in [0.05, 0.1) is 12.9 Å². The second-order valence-electron chi connectivity index (χ2n) is 5.34. The average Bonchev–Trinajstić information content (AvgIpc) is 2.96. The first-order valence-corrected chi connectivity index (χ1v) is 7.07. The van der Waals surface area contributed by atoms with Crippen LogP contribution in [-0.4, -0.2) is 49.6 Å². The van der Waals surface area contributed by atoms with Crippen LogP contribution in [-0.2, 0) is 9.53 Å². The number of hydrogen-bond donors (Lipinski definition) is 1. The van der Waals surface area contributed by atoms with E-state index in [-0.39, 0.29) is 11.7 Å². The topological polar surface area (TPSA) is 71.8 Å². The summed E-state index contributed by atoms with van der Waals surface area (Å²) in [6, 6.07) is 2.58. The summed E-state index contributed by atoms with van der Waals surface area (Å²) in [5.41, 5.74) is 0. The summed E-state index contributed by atoms with van der Waals surface area (Å²) in [4.78, 5) is 26.0. The maximum Gasteiger partial charge on any atom is 0.287 e. The van der Waals surface area contributed by atoms with Crippen LogP contribution >= 0.6 is 0 Å². The van der Waals surface area contributed by atoms with E-state index in [1.165, 1.54) is 6.26 Å². The normalized spacial score (nSPS) is 12.2. The summed E-state index contributed by atoms with van der Waals surface area (Å²) in [5.74, 6) is 0.0264. The van der Waals surface area contributed by atoms with E-state index in [2.05, 4.69) is 5.32 Å². The summed E-state index contributed by atoms with van der Waals surface area (Å²) in [5, 5.41) is 2.65. The van der Waals surface area contributed by atoms with Gasteiger partial charge in [0.1, 0.15) is 6.04 Å². The Morgan fingerprint density at radius 1 is 1.38 bits per heavy atom. The van der Waals surface area contributed by atoms with E-state index in [4.69, 9.17) is 9.15 Å². The van der Waals surface area contributed by atoms with Crippen LogP contribution in [0.3, 0.4) is 0 Å². The molecule has 0 fully saturated rings. The molecule has 1 heterocycles. The van der Waals surface area contributed by atoms with Gasteiger partial charge in [-0.3, -0.25) is 9.59 Å². The van der Waals surface area contributed by atoms with Crippen molar-refractivity contribution >= 4 is 11.8 Å². The minimum absolute atomic E-state index is 0.124. The van der Waals surface area contributed by atoms with E-state index in [0.717, 1.165) is 0 Å². The number of amides is 2. The lowest BCUT2D eigenvalue weighted by Crippen LogP contribution is -2.48. The summed E-state index contributed by atoms with van der Waals surface area (Å²) in [6.45, 7) is 7.36. The minimum Gasteiger partial charge on any atom is -0.459 e. The Hall–Kier alpha value is -1.82. The molecule has 1 atom stereocenters. The molecule has 0 radical (unpaired) electrons. The van der Waals surface area contributed by atoms with Gasteiger partial charge in [-0.15, -0.1) is 0 Å². The fourth-order valence-corrected chi connectivity index (χ4v) is 1.94. The summed E-state index contributed by atoms with van der Waals surface area (Å²) in [6.07, 6.45) is 1.42. The summed E-state index contributed by atoms with van der Waals surface area (Å²) < 4.78 is 10.0. The van der Waals surface area contributed by atoms with Crippen molar-refractivity contribution in [2.24, 2.45) is 5.92 Å². The molecule has 0 aliphatic rings. The molecule has 21 heavy (non-hydrogen) atoms. The molecule has 1 unspecified atom stereocenters. The maximum absolute atomic E-state index is 12.4. The number of carbonyl (C=O) groups is 2. The van der Waals surface area contributed by atoms with Crippen molar-refractivity contribution in [3.05, 3.63) is 24.2 Å². The van der Waals surface area contributed by atoms with Gasteiger partial charge in [0, 0.05) is 20.2 Å². The second-order valence-corrected chi connectivity index (χ2v) is 5.34. The fraction of sp³-hybridized carbons (Fsp3) is 0.600. The zero-order valence-corrected chi connectivity index (χ0v) is 13.1. The van der Waals surface area contributed by atoms with Gasteiger partial charge in [0.2, 0.25) is 5.91 Å². The molecular formula is C15H24N2O4. The lowest BCUT2D eigenvalue weighted by Gasteiger charge is -2.27. The number of furan rings is 1. The molecule has 2 amide bonds. The number of nitrogens with one attached hydrogen (secondary N) is 1. The van der Waals surface area contributed by atoms with Crippen LogP contribution in [0.4, 0.5) is 0 Å². The van der Waals surface area contributed by atoms with Gasteiger partial charge >= 0.3 is 0 Å². The Labute approximate surface area is 125 Å². The first-order valence-electron chi connectivity index (χ1n) is 7.07. The standard InChI is InChI=1S/C15H24N2O4/c1-11(2)10-17(7-9-20-4)15(19)12(3)16-14(18)13-6-5-8-21-13/h5-6,8,11-12H,7,9-10H2,1-4H3,(H,16,18). The SMILES string of the molecule is COCCN(CC(C)C)C(=O)C(C)NC(=O)c1ccco1. The van der Waals surface area contributed by atoms with Crippen molar-refractivity contribution in [2.75, 3.05) is 26.8 Å². The number of rotatable bonds is 8.